The standard InChI is InChI=1S/C37H44N6O7S/c1-5-49-32-23-28(48-4)10-12-33(32)51(46,47)43-31-11-9-26(25-38)22-30(31)37(36(43)45,29-8-7-15-39-35(29)50-6-2)24-34(44)42-20-18-41(19-21-42)27-13-16-40(3)17-14-27/h7-12,15,22-23,27H,5-6,13-14,16-21,24H2,1-4H3. The molecule has 1 atom stereocenters. The number of fused-ring (bicyclic) bond motifs is 1. The van der Waals surface area contributed by atoms with Gasteiger partial charge in [0.1, 0.15) is 21.8 Å². The lowest BCUT2D eigenvalue weighted by molar-refractivity contribution is -0.137. The maximum Gasteiger partial charge on any atom is 0.274 e. The summed E-state index contributed by atoms with van der Waals surface area (Å²) in [7, 11) is -1.08. The van der Waals surface area contributed by atoms with E-state index < -0.39 is 27.8 Å². The maximum absolute atomic E-state index is 15.3. The summed E-state index contributed by atoms with van der Waals surface area (Å²) in [5.41, 5.74) is -1.22. The van der Waals surface area contributed by atoms with E-state index in [1.54, 1.807) is 30.9 Å². The van der Waals surface area contributed by atoms with Gasteiger partial charge < -0.3 is 24.0 Å². The molecular formula is C37H44N6O7S. The number of nitriles is 1. The summed E-state index contributed by atoms with van der Waals surface area (Å²) in [5.74, 6) is -0.716. The molecule has 2 aromatic carbocycles. The van der Waals surface area contributed by atoms with Crippen molar-refractivity contribution in [3.05, 3.63) is 71.4 Å². The van der Waals surface area contributed by atoms with Gasteiger partial charge in [-0.3, -0.25) is 14.5 Å². The SMILES string of the molecule is CCOc1cc(OC)ccc1S(=O)(=O)N1C(=O)C(CC(=O)N2CCN(C3CCN(C)CC3)CC2)(c2cccnc2OCC)c2cc(C#N)ccc21. The van der Waals surface area contributed by atoms with E-state index in [1.165, 1.54) is 49.7 Å². The highest BCUT2D eigenvalue weighted by molar-refractivity contribution is 7.93. The Kier molecular flexibility index (Phi) is 10.5. The molecule has 1 aromatic heterocycles. The number of nitrogens with zero attached hydrogens (tertiary/aromatic N) is 6. The zero-order chi connectivity index (χ0) is 36.3. The summed E-state index contributed by atoms with van der Waals surface area (Å²) in [5, 5.41) is 9.98. The van der Waals surface area contributed by atoms with Crippen molar-refractivity contribution in [3.8, 4) is 23.4 Å². The number of aromatic nitrogens is 1. The number of methoxy groups -OCH3 is 1. The number of anilines is 1. The van der Waals surface area contributed by atoms with Crippen LogP contribution >= 0.6 is 0 Å². The van der Waals surface area contributed by atoms with Gasteiger partial charge in [-0.15, -0.1) is 0 Å². The summed E-state index contributed by atoms with van der Waals surface area (Å²) >= 11 is 0. The van der Waals surface area contributed by atoms with Gasteiger partial charge in [-0.1, -0.05) is 6.07 Å². The summed E-state index contributed by atoms with van der Waals surface area (Å²) in [6.07, 6.45) is 3.26. The minimum absolute atomic E-state index is 0.00675. The molecule has 0 spiro atoms. The Morgan fingerprint density at radius 2 is 1.71 bits per heavy atom. The third kappa shape index (κ3) is 6.61. The number of carbonyl (C=O) groups is 2. The average molecular weight is 717 g/mol. The van der Waals surface area contributed by atoms with E-state index in [4.69, 9.17) is 14.2 Å². The van der Waals surface area contributed by atoms with Crippen LogP contribution in [0.25, 0.3) is 0 Å². The fourth-order valence-electron chi connectivity index (χ4n) is 7.49. The van der Waals surface area contributed by atoms with Gasteiger partial charge in [-0.2, -0.15) is 5.26 Å². The van der Waals surface area contributed by atoms with Crippen molar-refractivity contribution in [2.75, 3.05) is 70.9 Å². The van der Waals surface area contributed by atoms with Crippen LogP contribution in [0.4, 0.5) is 5.69 Å². The zero-order valence-electron chi connectivity index (χ0n) is 29.5. The van der Waals surface area contributed by atoms with Gasteiger partial charge in [0.05, 0.1) is 37.6 Å². The van der Waals surface area contributed by atoms with Gasteiger partial charge in [0.15, 0.2) is 0 Å². The minimum atomic E-state index is -4.66. The highest BCUT2D eigenvalue weighted by atomic mass is 32.2. The quantitative estimate of drug-likeness (QED) is 0.288. The number of amides is 2. The number of rotatable bonds is 11. The smallest absolute Gasteiger partial charge is 0.274 e. The van der Waals surface area contributed by atoms with Crippen LogP contribution in [0.3, 0.4) is 0 Å². The van der Waals surface area contributed by atoms with Crippen LogP contribution in [0, 0.1) is 11.3 Å². The summed E-state index contributed by atoms with van der Waals surface area (Å²) < 4.78 is 47.2. The fourth-order valence-corrected chi connectivity index (χ4v) is 9.09. The Morgan fingerprint density at radius 3 is 2.37 bits per heavy atom. The lowest BCUT2D eigenvalue weighted by atomic mass is 9.72. The highest BCUT2D eigenvalue weighted by Crippen LogP contribution is 2.53. The van der Waals surface area contributed by atoms with Crippen LogP contribution in [0.15, 0.2) is 59.6 Å². The number of piperidine rings is 1. The molecule has 51 heavy (non-hydrogen) atoms. The molecule has 3 aliphatic rings. The lowest BCUT2D eigenvalue weighted by Crippen LogP contribution is -2.55. The number of pyridine rings is 1. The Hall–Kier alpha value is -4.71. The van der Waals surface area contributed by atoms with Crippen LogP contribution in [0.2, 0.25) is 0 Å². The number of likely N-dealkylation sites (tertiary alicyclic amines) is 1. The molecule has 1 unspecified atom stereocenters. The molecule has 2 amide bonds. The molecule has 0 saturated carbocycles. The van der Waals surface area contributed by atoms with Crippen molar-refractivity contribution in [1.82, 2.24) is 19.7 Å². The molecule has 13 nitrogen and oxygen atoms in total. The molecule has 270 valence electrons. The van der Waals surface area contributed by atoms with E-state index in [1.807, 2.05) is 0 Å². The number of hydrogen-bond acceptors (Lipinski definition) is 11. The first-order chi connectivity index (χ1) is 24.6. The van der Waals surface area contributed by atoms with Gasteiger partial charge in [0, 0.05) is 56.5 Å². The molecule has 3 aromatic rings. The number of piperazine rings is 1. The van der Waals surface area contributed by atoms with Gasteiger partial charge in [-0.05, 0) is 88.8 Å². The van der Waals surface area contributed by atoms with Crippen molar-refractivity contribution in [2.45, 2.75) is 49.5 Å². The van der Waals surface area contributed by atoms with E-state index >= 15 is 4.79 Å². The van der Waals surface area contributed by atoms with Crippen LogP contribution in [-0.2, 0) is 25.0 Å². The van der Waals surface area contributed by atoms with Crippen molar-refractivity contribution < 1.29 is 32.2 Å². The first-order valence-electron chi connectivity index (χ1n) is 17.3. The number of ether oxygens (including phenoxy) is 3. The zero-order valence-corrected chi connectivity index (χ0v) is 30.3. The van der Waals surface area contributed by atoms with Crippen LogP contribution in [0.5, 0.6) is 17.4 Å². The van der Waals surface area contributed by atoms with Crippen molar-refractivity contribution in [1.29, 1.82) is 5.26 Å². The first-order valence-corrected chi connectivity index (χ1v) is 18.8. The molecule has 0 bridgehead atoms. The highest BCUT2D eigenvalue weighted by Gasteiger charge is 2.59. The predicted octanol–water partition coefficient (Wildman–Crippen LogP) is 3.41. The van der Waals surface area contributed by atoms with Gasteiger partial charge in [0.2, 0.25) is 11.8 Å². The Balaban J connectivity index is 1.46. The second kappa shape index (κ2) is 14.9. The van der Waals surface area contributed by atoms with Crippen molar-refractivity contribution >= 4 is 27.5 Å². The first kappa shape index (κ1) is 36.1. The Morgan fingerprint density at radius 1 is 0.980 bits per heavy atom. The average Bonchev–Trinajstić information content (AvgIpc) is 3.39. The number of carbonyl (C=O) groups excluding carboxylic acids is 2. The molecule has 0 radical (unpaired) electrons. The van der Waals surface area contributed by atoms with Crippen molar-refractivity contribution in [3.63, 3.8) is 0 Å². The van der Waals surface area contributed by atoms with Gasteiger partial charge in [-0.25, -0.2) is 17.7 Å². The number of hydrogen-bond donors (Lipinski definition) is 0. The summed E-state index contributed by atoms with van der Waals surface area (Å²) in [6, 6.07) is 14.5. The van der Waals surface area contributed by atoms with E-state index in [0.29, 0.717) is 38.0 Å². The van der Waals surface area contributed by atoms with E-state index in [9.17, 15) is 18.5 Å². The Bertz CT molecular complexity index is 1930. The molecule has 0 N–H and O–H groups in total. The lowest BCUT2D eigenvalue weighted by Gasteiger charge is -2.42. The topological polar surface area (TPSA) is 146 Å². The van der Waals surface area contributed by atoms with Crippen LogP contribution < -0.4 is 18.5 Å². The number of benzene rings is 2. The molecule has 2 saturated heterocycles. The third-order valence-electron chi connectivity index (χ3n) is 10.1. The molecule has 4 heterocycles. The molecule has 14 heteroatoms. The summed E-state index contributed by atoms with van der Waals surface area (Å²) in [6.45, 7) is 8.26. The predicted molar refractivity (Wildman–Crippen MR) is 189 cm³/mol. The van der Waals surface area contributed by atoms with Crippen LogP contribution in [0.1, 0.15) is 49.8 Å². The maximum atomic E-state index is 15.3. The van der Waals surface area contributed by atoms with Gasteiger partial charge >= 0.3 is 0 Å². The second-order valence-electron chi connectivity index (χ2n) is 13.0. The van der Waals surface area contributed by atoms with E-state index in [0.717, 1.165) is 30.2 Å². The van der Waals surface area contributed by atoms with E-state index in [2.05, 4.69) is 27.9 Å². The van der Waals surface area contributed by atoms with Gasteiger partial charge in [0.25, 0.3) is 15.9 Å². The minimum Gasteiger partial charge on any atom is -0.497 e. The fraction of sp³-hybridized carbons (Fsp3) is 0.459. The normalized spacial score (nSPS) is 20.2. The molecule has 2 fully saturated rings. The second-order valence-corrected chi connectivity index (χ2v) is 14.7. The monoisotopic (exact) mass is 716 g/mol. The van der Waals surface area contributed by atoms with Crippen molar-refractivity contribution in [2.24, 2.45) is 0 Å². The van der Waals surface area contributed by atoms with Crippen LogP contribution in [-0.4, -0.2) is 113 Å². The molecule has 0 aliphatic carbocycles. The summed E-state index contributed by atoms with van der Waals surface area (Å²) in [4.78, 5) is 40.5. The molecule has 3 aliphatic heterocycles. The molecule has 6 rings (SSSR count). The Labute approximate surface area is 299 Å². The number of sulfonamides is 1. The molecular weight excluding hydrogens is 673 g/mol. The van der Waals surface area contributed by atoms with E-state index in [-0.39, 0.29) is 58.0 Å². The third-order valence-corrected chi connectivity index (χ3v) is 11.9. The largest absolute Gasteiger partial charge is 0.497 e.